The molecule has 2 N–H and O–H groups in total. The van der Waals surface area contributed by atoms with Crippen LogP contribution in [0, 0.1) is 0 Å². The van der Waals surface area contributed by atoms with Crippen molar-refractivity contribution in [3.8, 4) is 5.69 Å². The van der Waals surface area contributed by atoms with Gasteiger partial charge in [-0.05, 0) is 28.1 Å². The van der Waals surface area contributed by atoms with Crippen LogP contribution >= 0.6 is 39.1 Å². The molecular formula is C12H7BrCl2N4. The Hall–Kier alpha value is -1.30. The number of hydrogen-bond acceptors (Lipinski definition) is 3. The molecule has 1 aromatic carbocycles. The van der Waals surface area contributed by atoms with Crippen molar-refractivity contribution in [1.82, 2.24) is 14.8 Å². The van der Waals surface area contributed by atoms with Gasteiger partial charge in [-0.25, -0.2) is 9.67 Å². The van der Waals surface area contributed by atoms with Crippen molar-refractivity contribution < 1.29 is 0 Å². The first-order chi connectivity index (χ1) is 9.08. The Labute approximate surface area is 127 Å². The van der Waals surface area contributed by atoms with E-state index < -0.39 is 0 Å². The summed E-state index contributed by atoms with van der Waals surface area (Å²) in [6, 6.07) is 5.29. The fraction of sp³-hybridized carbons (Fsp3) is 0. The van der Waals surface area contributed by atoms with Gasteiger partial charge in [-0.3, -0.25) is 0 Å². The van der Waals surface area contributed by atoms with E-state index in [9.17, 15) is 0 Å². The third kappa shape index (κ3) is 2.08. The van der Waals surface area contributed by atoms with E-state index in [0.29, 0.717) is 27.1 Å². The molecule has 0 radical (unpaired) electrons. The summed E-state index contributed by atoms with van der Waals surface area (Å²) in [6.07, 6.45) is 3.37. The van der Waals surface area contributed by atoms with E-state index in [4.69, 9.17) is 28.9 Å². The molecule has 7 heteroatoms. The Kier molecular flexibility index (Phi) is 3.12. The molecule has 96 valence electrons. The molecule has 0 amide bonds. The van der Waals surface area contributed by atoms with Crippen LogP contribution in [0.15, 0.2) is 35.1 Å². The highest BCUT2D eigenvalue weighted by molar-refractivity contribution is 9.10. The van der Waals surface area contributed by atoms with Crippen molar-refractivity contribution in [2.45, 2.75) is 0 Å². The largest absolute Gasteiger partial charge is 0.383 e. The van der Waals surface area contributed by atoms with Crippen molar-refractivity contribution in [1.29, 1.82) is 0 Å². The molecule has 0 aliphatic carbocycles. The summed E-state index contributed by atoms with van der Waals surface area (Å²) in [7, 11) is 0. The van der Waals surface area contributed by atoms with Crippen LogP contribution in [0.2, 0.25) is 10.0 Å². The average molecular weight is 358 g/mol. The van der Waals surface area contributed by atoms with Gasteiger partial charge in [-0.2, -0.15) is 5.10 Å². The van der Waals surface area contributed by atoms with Gasteiger partial charge in [0.25, 0.3) is 0 Å². The van der Waals surface area contributed by atoms with E-state index in [-0.39, 0.29) is 0 Å². The fourth-order valence-corrected chi connectivity index (χ4v) is 2.78. The van der Waals surface area contributed by atoms with Gasteiger partial charge in [-0.1, -0.05) is 29.3 Å². The number of aromatic nitrogens is 3. The maximum absolute atomic E-state index is 6.17. The molecule has 3 rings (SSSR count). The summed E-state index contributed by atoms with van der Waals surface area (Å²) < 4.78 is 2.37. The summed E-state index contributed by atoms with van der Waals surface area (Å²) in [5.74, 6) is 0.410. The van der Waals surface area contributed by atoms with Crippen molar-refractivity contribution in [2.75, 3.05) is 5.73 Å². The molecule has 0 fully saturated rings. The molecule has 19 heavy (non-hydrogen) atoms. The molecule has 0 atom stereocenters. The normalized spacial score (nSPS) is 11.1. The van der Waals surface area contributed by atoms with Crippen LogP contribution in [0.3, 0.4) is 0 Å². The molecule has 0 saturated carbocycles. The Morgan fingerprint density at radius 2 is 1.89 bits per heavy atom. The lowest BCUT2D eigenvalue weighted by Crippen LogP contribution is -1.96. The van der Waals surface area contributed by atoms with Gasteiger partial charge in [0.2, 0.25) is 0 Å². The molecule has 0 spiro atoms. The molecular weight excluding hydrogens is 351 g/mol. The van der Waals surface area contributed by atoms with Gasteiger partial charge < -0.3 is 5.73 Å². The molecule has 0 unspecified atom stereocenters. The number of nitrogens with zero attached hydrogens (tertiary/aromatic N) is 3. The number of anilines is 1. The number of para-hydroxylation sites is 1. The Morgan fingerprint density at radius 3 is 2.53 bits per heavy atom. The maximum Gasteiger partial charge on any atom is 0.134 e. The SMILES string of the molecule is Nc1ncc(Br)c2nn(-c3c(Cl)cccc3Cl)cc12. The number of nitrogen functional groups attached to an aromatic ring is 1. The van der Waals surface area contributed by atoms with E-state index in [1.165, 1.54) is 0 Å². The average Bonchev–Trinajstić information content (AvgIpc) is 2.80. The second-order valence-electron chi connectivity index (χ2n) is 3.90. The summed E-state index contributed by atoms with van der Waals surface area (Å²) in [6.45, 7) is 0. The maximum atomic E-state index is 6.17. The van der Waals surface area contributed by atoms with Crippen LogP contribution in [0.5, 0.6) is 0 Å². The topological polar surface area (TPSA) is 56.7 Å². The molecule has 0 aliphatic rings. The van der Waals surface area contributed by atoms with E-state index in [0.717, 1.165) is 9.86 Å². The molecule has 2 aromatic heterocycles. The summed E-state index contributed by atoms with van der Waals surface area (Å²) in [4.78, 5) is 4.07. The van der Waals surface area contributed by atoms with E-state index >= 15 is 0 Å². The zero-order chi connectivity index (χ0) is 13.6. The number of halogens is 3. The molecule has 0 bridgehead atoms. The monoisotopic (exact) mass is 356 g/mol. The lowest BCUT2D eigenvalue weighted by molar-refractivity contribution is 0.896. The van der Waals surface area contributed by atoms with E-state index in [1.807, 2.05) is 0 Å². The van der Waals surface area contributed by atoms with Gasteiger partial charge in [0.1, 0.15) is 17.0 Å². The highest BCUT2D eigenvalue weighted by Crippen LogP contribution is 2.31. The highest BCUT2D eigenvalue weighted by atomic mass is 79.9. The minimum absolute atomic E-state index is 0.410. The Balaban J connectivity index is 2.33. The van der Waals surface area contributed by atoms with Crippen LogP contribution < -0.4 is 5.73 Å². The Morgan fingerprint density at radius 1 is 1.21 bits per heavy atom. The van der Waals surface area contributed by atoms with Gasteiger partial charge in [-0.15, -0.1) is 0 Å². The zero-order valence-corrected chi connectivity index (χ0v) is 12.5. The lowest BCUT2D eigenvalue weighted by Gasteiger charge is -2.05. The van der Waals surface area contributed by atoms with E-state index in [2.05, 4.69) is 26.0 Å². The van der Waals surface area contributed by atoms with Gasteiger partial charge in [0.15, 0.2) is 0 Å². The van der Waals surface area contributed by atoms with Crippen LogP contribution in [-0.2, 0) is 0 Å². The van der Waals surface area contributed by atoms with E-state index in [1.54, 1.807) is 35.3 Å². The number of fused-ring (bicyclic) bond motifs is 1. The molecule has 0 aliphatic heterocycles. The molecule has 0 saturated heterocycles. The first kappa shape index (κ1) is 12.7. The first-order valence-electron chi connectivity index (χ1n) is 5.31. The molecule has 3 aromatic rings. The summed E-state index contributed by atoms with van der Waals surface area (Å²) in [5.41, 5.74) is 7.17. The lowest BCUT2D eigenvalue weighted by atomic mass is 10.3. The number of nitrogens with two attached hydrogens (primary N) is 1. The zero-order valence-electron chi connectivity index (χ0n) is 9.44. The standard InChI is InChI=1S/C12H7BrCl2N4/c13-7-4-17-12(16)6-5-19(18-10(6)7)11-8(14)2-1-3-9(11)15/h1-5H,(H2,16,17). The second-order valence-corrected chi connectivity index (χ2v) is 5.57. The van der Waals surface area contributed by atoms with Crippen molar-refractivity contribution in [3.05, 3.63) is 45.1 Å². The van der Waals surface area contributed by atoms with Crippen LogP contribution in [0.25, 0.3) is 16.6 Å². The highest BCUT2D eigenvalue weighted by Gasteiger charge is 2.13. The van der Waals surface area contributed by atoms with Crippen LogP contribution in [0.4, 0.5) is 5.82 Å². The quantitative estimate of drug-likeness (QED) is 0.714. The number of benzene rings is 1. The van der Waals surface area contributed by atoms with Crippen molar-refractivity contribution >= 4 is 55.9 Å². The van der Waals surface area contributed by atoms with Crippen molar-refractivity contribution in [3.63, 3.8) is 0 Å². The van der Waals surface area contributed by atoms with Gasteiger partial charge >= 0.3 is 0 Å². The van der Waals surface area contributed by atoms with Gasteiger partial charge in [0.05, 0.1) is 19.9 Å². The number of pyridine rings is 1. The summed E-state index contributed by atoms with van der Waals surface area (Å²) in [5, 5.41) is 6.22. The number of rotatable bonds is 1. The fourth-order valence-electron chi connectivity index (χ4n) is 1.82. The van der Waals surface area contributed by atoms with Crippen LogP contribution in [-0.4, -0.2) is 14.8 Å². The summed E-state index contributed by atoms with van der Waals surface area (Å²) >= 11 is 15.7. The third-order valence-corrected chi connectivity index (χ3v) is 3.89. The molecule has 4 nitrogen and oxygen atoms in total. The Bertz CT molecular complexity index is 725. The van der Waals surface area contributed by atoms with Crippen molar-refractivity contribution in [2.24, 2.45) is 0 Å². The smallest absolute Gasteiger partial charge is 0.134 e. The number of hydrogen-bond donors (Lipinski definition) is 1. The van der Waals surface area contributed by atoms with Gasteiger partial charge in [0, 0.05) is 12.4 Å². The predicted octanol–water partition coefficient (Wildman–Crippen LogP) is 4.07. The minimum Gasteiger partial charge on any atom is -0.383 e. The minimum atomic E-state index is 0.410. The first-order valence-corrected chi connectivity index (χ1v) is 6.86. The molecule has 2 heterocycles. The van der Waals surface area contributed by atoms with Crippen LogP contribution in [0.1, 0.15) is 0 Å². The predicted molar refractivity (Wildman–Crippen MR) is 81.0 cm³/mol. The third-order valence-electron chi connectivity index (χ3n) is 2.70. The second kappa shape index (κ2) is 4.67.